The van der Waals surface area contributed by atoms with Gasteiger partial charge in [-0.3, -0.25) is 10.1 Å². The molecule has 0 amide bonds. The van der Waals surface area contributed by atoms with Crippen molar-refractivity contribution in [2.45, 2.75) is 12.3 Å². The zero-order chi connectivity index (χ0) is 14.7. The summed E-state index contributed by atoms with van der Waals surface area (Å²) in [5.41, 5.74) is 1.64. The molecule has 2 aromatic carbocycles. The van der Waals surface area contributed by atoms with Crippen LogP contribution in [0.2, 0.25) is 0 Å². The van der Waals surface area contributed by atoms with Crippen LogP contribution < -0.4 is 4.74 Å². The van der Waals surface area contributed by atoms with Crippen LogP contribution in [0.25, 0.3) is 0 Å². The Bertz CT molecular complexity index is 661. The number of alkyl halides is 1. The van der Waals surface area contributed by atoms with E-state index >= 15 is 0 Å². The highest BCUT2D eigenvalue weighted by Gasteiger charge is 2.13. The summed E-state index contributed by atoms with van der Waals surface area (Å²) < 4.78 is 19.2. The number of ether oxygens (including phenoxy) is 1. The van der Waals surface area contributed by atoms with Gasteiger partial charge >= 0.3 is 0 Å². The molecule has 0 saturated carbocycles. The van der Waals surface area contributed by atoms with Gasteiger partial charge in [0.05, 0.1) is 11.0 Å². The highest BCUT2D eigenvalue weighted by molar-refractivity contribution is 9.08. The van der Waals surface area contributed by atoms with Gasteiger partial charge in [0.1, 0.15) is 5.75 Å². The predicted octanol–water partition coefficient (Wildman–Crippen LogP) is 4.73. The average molecular weight is 340 g/mol. The summed E-state index contributed by atoms with van der Waals surface area (Å²) in [5.74, 6) is -0.282. The van der Waals surface area contributed by atoms with Crippen LogP contribution in [-0.2, 0) is 5.33 Å². The molecule has 0 saturated heterocycles. The summed E-state index contributed by atoms with van der Waals surface area (Å²) in [4.78, 5) is 9.89. The molecule has 0 aliphatic carbocycles. The number of hydrogen-bond acceptors (Lipinski definition) is 3. The molecule has 0 aromatic heterocycles. The lowest BCUT2D eigenvalue weighted by Crippen LogP contribution is -1.94. The SMILES string of the molecule is Cc1cc(CBr)ccc1Oc1ccc([N+](=O)[O-])cc1F. The first-order chi connectivity index (χ1) is 9.51. The Morgan fingerprint density at radius 3 is 2.50 bits per heavy atom. The van der Waals surface area contributed by atoms with Crippen molar-refractivity contribution < 1.29 is 14.1 Å². The largest absolute Gasteiger partial charge is 0.454 e. The molecule has 0 unspecified atom stereocenters. The molecular formula is C14H11BrFNO3. The first-order valence-corrected chi connectivity index (χ1v) is 6.90. The standard InChI is InChI=1S/C14H11BrFNO3/c1-9-6-10(8-15)2-4-13(9)20-14-5-3-11(17(18)19)7-12(14)16/h2-7H,8H2,1H3. The van der Waals surface area contributed by atoms with E-state index in [2.05, 4.69) is 15.9 Å². The average Bonchev–Trinajstić information content (AvgIpc) is 2.42. The van der Waals surface area contributed by atoms with Gasteiger partial charge in [-0.15, -0.1) is 0 Å². The Hall–Kier alpha value is -1.95. The molecule has 0 radical (unpaired) electrons. The second-order valence-electron chi connectivity index (χ2n) is 4.21. The van der Waals surface area contributed by atoms with Crippen molar-refractivity contribution in [2.75, 3.05) is 0 Å². The first kappa shape index (κ1) is 14.5. The number of nitrogens with zero attached hydrogens (tertiary/aromatic N) is 1. The van der Waals surface area contributed by atoms with Crippen LogP contribution in [0.3, 0.4) is 0 Å². The second kappa shape index (κ2) is 6.00. The third-order valence-corrected chi connectivity index (χ3v) is 3.39. The van der Waals surface area contributed by atoms with Gasteiger partial charge in [0.15, 0.2) is 11.6 Å². The number of rotatable bonds is 4. The van der Waals surface area contributed by atoms with E-state index in [1.54, 1.807) is 6.07 Å². The summed E-state index contributed by atoms with van der Waals surface area (Å²) in [7, 11) is 0. The lowest BCUT2D eigenvalue weighted by Gasteiger charge is -2.10. The maximum Gasteiger partial charge on any atom is 0.272 e. The third kappa shape index (κ3) is 3.14. The number of halogens is 2. The molecule has 2 rings (SSSR count). The van der Waals surface area contributed by atoms with Gasteiger partial charge in [-0.1, -0.05) is 28.1 Å². The van der Waals surface area contributed by atoms with Gasteiger partial charge in [0, 0.05) is 11.4 Å². The molecular weight excluding hydrogens is 329 g/mol. The van der Waals surface area contributed by atoms with E-state index in [1.165, 1.54) is 12.1 Å². The fourth-order valence-corrected chi connectivity index (χ4v) is 2.06. The van der Waals surface area contributed by atoms with E-state index in [1.807, 2.05) is 19.1 Å². The number of non-ortho nitro benzene ring substituents is 1. The third-order valence-electron chi connectivity index (χ3n) is 2.74. The van der Waals surface area contributed by atoms with Crippen LogP contribution in [0, 0.1) is 22.9 Å². The van der Waals surface area contributed by atoms with Crippen molar-refractivity contribution in [3.05, 3.63) is 63.5 Å². The molecule has 0 aliphatic rings. The quantitative estimate of drug-likeness (QED) is 0.459. The Morgan fingerprint density at radius 1 is 1.25 bits per heavy atom. The van der Waals surface area contributed by atoms with Crippen LogP contribution in [0.4, 0.5) is 10.1 Å². The molecule has 0 N–H and O–H groups in total. The molecule has 104 valence electrons. The van der Waals surface area contributed by atoms with Crippen molar-refractivity contribution in [3.63, 3.8) is 0 Å². The monoisotopic (exact) mass is 339 g/mol. The van der Waals surface area contributed by atoms with E-state index in [0.29, 0.717) is 5.75 Å². The van der Waals surface area contributed by atoms with Crippen LogP contribution in [0.15, 0.2) is 36.4 Å². The van der Waals surface area contributed by atoms with Gasteiger partial charge in [-0.05, 0) is 30.2 Å². The van der Waals surface area contributed by atoms with Gasteiger partial charge in [0.2, 0.25) is 0 Å². The van der Waals surface area contributed by atoms with Crippen molar-refractivity contribution in [1.82, 2.24) is 0 Å². The summed E-state index contributed by atoms with van der Waals surface area (Å²) in [5, 5.41) is 11.3. The topological polar surface area (TPSA) is 52.4 Å². The number of nitro groups is 1. The molecule has 0 fully saturated rings. The summed E-state index contributed by atoms with van der Waals surface area (Å²) in [6.07, 6.45) is 0. The molecule has 20 heavy (non-hydrogen) atoms. The maximum absolute atomic E-state index is 13.7. The fraction of sp³-hybridized carbons (Fsp3) is 0.143. The summed E-state index contributed by atoms with van der Waals surface area (Å²) in [6.45, 7) is 1.85. The van der Waals surface area contributed by atoms with E-state index < -0.39 is 10.7 Å². The fourth-order valence-electron chi connectivity index (χ4n) is 1.71. The summed E-state index contributed by atoms with van der Waals surface area (Å²) in [6, 6.07) is 8.84. The normalized spacial score (nSPS) is 10.3. The van der Waals surface area contributed by atoms with Crippen LogP contribution in [-0.4, -0.2) is 4.92 Å². The molecule has 0 spiro atoms. The van der Waals surface area contributed by atoms with Gasteiger partial charge in [-0.2, -0.15) is 0 Å². The minimum Gasteiger partial charge on any atom is -0.454 e. The number of benzene rings is 2. The zero-order valence-electron chi connectivity index (χ0n) is 10.6. The van der Waals surface area contributed by atoms with Crippen molar-refractivity contribution >= 4 is 21.6 Å². The molecule has 0 aliphatic heterocycles. The molecule has 0 bridgehead atoms. The van der Waals surface area contributed by atoms with E-state index in [-0.39, 0.29) is 11.4 Å². The Kier molecular flexibility index (Phi) is 4.34. The molecule has 6 heteroatoms. The number of aryl methyl sites for hydroxylation is 1. The lowest BCUT2D eigenvalue weighted by atomic mass is 10.1. The van der Waals surface area contributed by atoms with Crippen LogP contribution in [0.1, 0.15) is 11.1 Å². The van der Waals surface area contributed by atoms with Crippen LogP contribution in [0.5, 0.6) is 11.5 Å². The summed E-state index contributed by atoms with van der Waals surface area (Å²) >= 11 is 3.35. The van der Waals surface area contributed by atoms with E-state index in [9.17, 15) is 14.5 Å². The zero-order valence-corrected chi connectivity index (χ0v) is 12.2. The Labute approximate surface area is 123 Å². The Balaban J connectivity index is 2.28. The van der Waals surface area contributed by atoms with Gasteiger partial charge < -0.3 is 4.74 Å². The highest BCUT2D eigenvalue weighted by atomic mass is 79.9. The van der Waals surface area contributed by atoms with E-state index in [0.717, 1.165) is 22.5 Å². The van der Waals surface area contributed by atoms with Crippen LogP contribution >= 0.6 is 15.9 Å². The van der Waals surface area contributed by atoms with Gasteiger partial charge in [0.25, 0.3) is 5.69 Å². The highest BCUT2D eigenvalue weighted by Crippen LogP contribution is 2.30. The lowest BCUT2D eigenvalue weighted by molar-refractivity contribution is -0.385. The second-order valence-corrected chi connectivity index (χ2v) is 4.77. The van der Waals surface area contributed by atoms with Crippen molar-refractivity contribution in [2.24, 2.45) is 0 Å². The molecule has 4 nitrogen and oxygen atoms in total. The first-order valence-electron chi connectivity index (χ1n) is 5.78. The Morgan fingerprint density at radius 2 is 1.95 bits per heavy atom. The minimum absolute atomic E-state index is 0.0368. The molecule has 2 aromatic rings. The van der Waals surface area contributed by atoms with Gasteiger partial charge in [-0.25, -0.2) is 4.39 Å². The number of nitro benzene ring substituents is 1. The molecule has 0 heterocycles. The minimum atomic E-state index is -0.761. The van der Waals surface area contributed by atoms with E-state index in [4.69, 9.17) is 4.74 Å². The molecule has 0 atom stereocenters. The van der Waals surface area contributed by atoms with Crippen molar-refractivity contribution in [1.29, 1.82) is 0 Å². The number of hydrogen-bond donors (Lipinski definition) is 0. The van der Waals surface area contributed by atoms with Crippen molar-refractivity contribution in [3.8, 4) is 11.5 Å². The maximum atomic E-state index is 13.7. The predicted molar refractivity (Wildman–Crippen MR) is 76.9 cm³/mol. The smallest absolute Gasteiger partial charge is 0.272 e.